The van der Waals surface area contributed by atoms with Gasteiger partial charge in [-0.1, -0.05) is 12.2 Å². The molecular formula is C21H22N2O6S. The van der Waals surface area contributed by atoms with E-state index in [9.17, 15) is 14.4 Å². The lowest BCUT2D eigenvalue weighted by Gasteiger charge is -2.27. The molecule has 0 atom stereocenters. The van der Waals surface area contributed by atoms with Gasteiger partial charge in [0.15, 0.2) is 23.2 Å². The van der Waals surface area contributed by atoms with E-state index in [0.717, 1.165) is 0 Å². The van der Waals surface area contributed by atoms with E-state index in [4.69, 9.17) is 26.8 Å². The average Bonchev–Trinajstić information content (AvgIpc) is 2.68. The molecule has 1 aromatic carbocycles. The Morgan fingerprint density at radius 2 is 2.00 bits per heavy atom. The second-order valence-electron chi connectivity index (χ2n) is 6.14. The first-order valence-corrected chi connectivity index (χ1v) is 9.48. The Balaban J connectivity index is 2.54. The van der Waals surface area contributed by atoms with Crippen LogP contribution >= 0.6 is 12.2 Å². The summed E-state index contributed by atoms with van der Waals surface area (Å²) in [6.07, 6.45) is 4.91. The van der Waals surface area contributed by atoms with Crippen LogP contribution in [-0.4, -0.2) is 52.7 Å². The summed E-state index contributed by atoms with van der Waals surface area (Å²) in [4.78, 5) is 37.2. The molecule has 1 aliphatic rings. The summed E-state index contributed by atoms with van der Waals surface area (Å²) < 4.78 is 11.0. The molecule has 158 valence electrons. The molecule has 2 rings (SSSR count). The van der Waals surface area contributed by atoms with Crippen molar-refractivity contribution < 1.29 is 29.0 Å². The van der Waals surface area contributed by atoms with Crippen LogP contribution in [0.15, 0.2) is 43.0 Å². The highest BCUT2D eigenvalue weighted by atomic mass is 32.1. The number of allylic oxidation sites excluding steroid dienone is 1. The second-order valence-corrected chi connectivity index (χ2v) is 6.52. The number of carbonyl (C=O) groups excluding carboxylic acids is 2. The van der Waals surface area contributed by atoms with E-state index in [1.54, 1.807) is 25.1 Å². The number of carbonyl (C=O) groups is 3. The molecule has 0 unspecified atom stereocenters. The fraction of sp³-hybridized carbons (Fsp3) is 0.238. The van der Waals surface area contributed by atoms with Gasteiger partial charge in [-0.25, -0.2) is 4.79 Å². The van der Waals surface area contributed by atoms with E-state index < -0.39 is 24.4 Å². The summed E-state index contributed by atoms with van der Waals surface area (Å²) in [5.41, 5.74) is 1.01. The first-order chi connectivity index (χ1) is 14.3. The standard InChI is InChI=1S/C21H22N2O6S/c1-4-7-14-9-13(11-16(28-6-3)18(14)29-12-17(24)25)10-15-19(26)22-21(30)23(8-5-2)20(15)27/h4-5,9-11H,1-2,6-8,12H2,3H3,(H,24,25)(H,22,26,30)/b15-10+. The van der Waals surface area contributed by atoms with E-state index in [-0.39, 0.29) is 23.0 Å². The van der Waals surface area contributed by atoms with Crippen LogP contribution in [0.1, 0.15) is 18.1 Å². The normalized spacial score (nSPS) is 15.0. The number of rotatable bonds is 10. The smallest absolute Gasteiger partial charge is 0.341 e. The zero-order valence-electron chi connectivity index (χ0n) is 16.5. The minimum Gasteiger partial charge on any atom is -0.490 e. The molecule has 0 radical (unpaired) electrons. The fourth-order valence-electron chi connectivity index (χ4n) is 2.79. The van der Waals surface area contributed by atoms with E-state index in [1.807, 2.05) is 0 Å². The quantitative estimate of drug-likeness (QED) is 0.253. The van der Waals surface area contributed by atoms with Gasteiger partial charge in [0.2, 0.25) is 0 Å². The van der Waals surface area contributed by atoms with Crippen LogP contribution in [-0.2, 0) is 20.8 Å². The van der Waals surface area contributed by atoms with Crippen molar-refractivity contribution in [2.75, 3.05) is 19.8 Å². The zero-order valence-corrected chi connectivity index (χ0v) is 17.3. The Labute approximate surface area is 179 Å². The molecule has 9 heteroatoms. The highest BCUT2D eigenvalue weighted by molar-refractivity contribution is 7.80. The highest BCUT2D eigenvalue weighted by Gasteiger charge is 2.32. The molecule has 1 aliphatic heterocycles. The van der Waals surface area contributed by atoms with Gasteiger partial charge in [-0.2, -0.15) is 0 Å². The van der Waals surface area contributed by atoms with Crippen molar-refractivity contribution in [3.8, 4) is 11.5 Å². The van der Waals surface area contributed by atoms with Gasteiger partial charge in [0, 0.05) is 12.1 Å². The molecule has 0 aromatic heterocycles. The van der Waals surface area contributed by atoms with E-state index in [1.165, 1.54) is 17.1 Å². The predicted molar refractivity (Wildman–Crippen MR) is 115 cm³/mol. The molecule has 0 bridgehead atoms. The number of nitrogens with zero attached hydrogens (tertiary/aromatic N) is 1. The second kappa shape index (κ2) is 10.4. The van der Waals surface area contributed by atoms with Crippen molar-refractivity contribution in [3.63, 3.8) is 0 Å². The van der Waals surface area contributed by atoms with Gasteiger partial charge in [-0.15, -0.1) is 13.2 Å². The van der Waals surface area contributed by atoms with Crippen LogP contribution in [0, 0.1) is 0 Å². The molecule has 2 N–H and O–H groups in total. The third-order valence-electron chi connectivity index (χ3n) is 3.97. The molecule has 2 amide bonds. The summed E-state index contributed by atoms with van der Waals surface area (Å²) in [7, 11) is 0. The summed E-state index contributed by atoms with van der Waals surface area (Å²) in [5.74, 6) is -1.71. The van der Waals surface area contributed by atoms with Crippen LogP contribution in [0.2, 0.25) is 0 Å². The number of carboxylic acids is 1. The van der Waals surface area contributed by atoms with E-state index >= 15 is 0 Å². The first-order valence-electron chi connectivity index (χ1n) is 9.07. The van der Waals surface area contributed by atoms with Gasteiger partial charge >= 0.3 is 5.97 Å². The minimum absolute atomic E-state index is 0.0156. The topological polar surface area (TPSA) is 105 Å². The molecule has 0 aliphatic carbocycles. The van der Waals surface area contributed by atoms with Crippen molar-refractivity contribution in [3.05, 3.63) is 54.1 Å². The zero-order chi connectivity index (χ0) is 22.3. The Kier molecular flexibility index (Phi) is 7.88. The van der Waals surface area contributed by atoms with Crippen molar-refractivity contribution in [2.45, 2.75) is 13.3 Å². The Bertz CT molecular complexity index is 938. The maximum atomic E-state index is 12.7. The lowest BCUT2D eigenvalue weighted by atomic mass is 10.0. The summed E-state index contributed by atoms with van der Waals surface area (Å²) in [5, 5.41) is 11.4. The first kappa shape index (κ1) is 22.8. The third-order valence-corrected chi connectivity index (χ3v) is 4.29. The molecular weight excluding hydrogens is 408 g/mol. The lowest BCUT2D eigenvalue weighted by molar-refractivity contribution is -0.139. The Hall–Kier alpha value is -3.46. The highest BCUT2D eigenvalue weighted by Crippen LogP contribution is 2.35. The molecule has 1 heterocycles. The maximum absolute atomic E-state index is 12.7. The number of thiocarbonyl (C=S) groups is 1. The molecule has 1 saturated heterocycles. The summed E-state index contributed by atoms with van der Waals surface area (Å²) >= 11 is 5.04. The monoisotopic (exact) mass is 430 g/mol. The third kappa shape index (κ3) is 5.32. The number of aliphatic carboxylic acids is 1. The molecule has 30 heavy (non-hydrogen) atoms. The molecule has 0 saturated carbocycles. The van der Waals surface area contributed by atoms with Crippen LogP contribution in [0.5, 0.6) is 11.5 Å². The number of amides is 2. The maximum Gasteiger partial charge on any atom is 0.341 e. The number of benzene rings is 1. The van der Waals surface area contributed by atoms with E-state index in [2.05, 4.69) is 18.5 Å². The van der Waals surface area contributed by atoms with Crippen LogP contribution in [0.4, 0.5) is 0 Å². The van der Waals surface area contributed by atoms with Crippen LogP contribution < -0.4 is 14.8 Å². The van der Waals surface area contributed by atoms with Gasteiger partial charge in [-0.3, -0.25) is 19.8 Å². The van der Waals surface area contributed by atoms with Gasteiger partial charge in [0.25, 0.3) is 11.8 Å². The summed E-state index contributed by atoms with van der Waals surface area (Å²) in [6.45, 7) is 8.97. The van der Waals surface area contributed by atoms with Crippen LogP contribution in [0.25, 0.3) is 6.08 Å². The van der Waals surface area contributed by atoms with Crippen LogP contribution in [0.3, 0.4) is 0 Å². The number of hydrogen-bond acceptors (Lipinski definition) is 6. The van der Waals surface area contributed by atoms with E-state index in [0.29, 0.717) is 29.9 Å². The number of carboxylic acid groups (broad SMARTS) is 1. The van der Waals surface area contributed by atoms with Crippen molar-refractivity contribution in [2.24, 2.45) is 0 Å². The number of hydrogen-bond donors (Lipinski definition) is 2. The predicted octanol–water partition coefficient (Wildman–Crippen LogP) is 2.09. The molecule has 1 fully saturated rings. The Morgan fingerprint density at radius 1 is 1.27 bits per heavy atom. The summed E-state index contributed by atoms with van der Waals surface area (Å²) in [6, 6.07) is 3.26. The number of ether oxygens (including phenoxy) is 2. The largest absolute Gasteiger partial charge is 0.490 e. The Morgan fingerprint density at radius 3 is 2.60 bits per heavy atom. The SMILES string of the molecule is C=CCc1cc(/C=C2\C(=O)NC(=S)N(CC=C)C2=O)cc(OCC)c1OCC(=O)O. The van der Waals surface area contributed by atoms with Gasteiger partial charge in [0.05, 0.1) is 6.61 Å². The molecule has 1 aromatic rings. The van der Waals surface area contributed by atoms with Crippen molar-refractivity contribution >= 4 is 41.2 Å². The fourth-order valence-corrected chi connectivity index (χ4v) is 3.04. The lowest BCUT2D eigenvalue weighted by Crippen LogP contribution is -2.53. The van der Waals surface area contributed by atoms with Crippen molar-refractivity contribution in [1.29, 1.82) is 0 Å². The van der Waals surface area contributed by atoms with Gasteiger partial charge < -0.3 is 14.6 Å². The minimum atomic E-state index is -1.13. The molecule has 0 spiro atoms. The van der Waals surface area contributed by atoms with Gasteiger partial charge in [0.1, 0.15) is 5.57 Å². The molecule has 8 nitrogen and oxygen atoms in total. The van der Waals surface area contributed by atoms with Crippen molar-refractivity contribution in [1.82, 2.24) is 10.2 Å². The van der Waals surface area contributed by atoms with Gasteiger partial charge in [-0.05, 0) is 49.3 Å². The average molecular weight is 430 g/mol. The number of nitrogens with one attached hydrogen (secondary N) is 1.